The summed E-state index contributed by atoms with van der Waals surface area (Å²) in [4.78, 5) is 45.0. The van der Waals surface area contributed by atoms with E-state index >= 15 is 0 Å². The van der Waals surface area contributed by atoms with Crippen LogP contribution in [0.3, 0.4) is 0 Å². The van der Waals surface area contributed by atoms with Gasteiger partial charge >= 0.3 is 5.69 Å². The van der Waals surface area contributed by atoms with Gasteiger partial charge in [0.05, 0.1) is 0 Å². The molecule has 1 aromatic carbocycles. The number of aromatic nitrogens is 3. The molecule has 29 heavy (non-hydrogen) atoms. The summed E-state index contributed by atoms with van der Waals surface area (Å²) >= 11 is 1.30. The molecule has 0 unspecified atom stereocenters. The molecule has 1 aliphatic rings. The number of amides is 1. The Hall–Kier alpha value is -2.94. The molecule has 0 aliphatic carbocycles. The standard InChI is InChI=1S/C20H23N5O3S/c1-3-24-18(27)16-17(22-19(29-16)23-10-4-5-11-23)25(20(24)28)12-15(26)21-14-8-6-13(2)7-9-14/h6-9H,3-5,10-12H2,1-2H3,(H,21,26). The summed E-state index contributed by atoms with van der Waals surface area (Å²) in [5, 5.41) is 3.53. The number of carbonyl (C=O) groups excluding carboxylic acids is 1. The third-order valence-corrected chi connectivity index (χ3v) is 6.18. The number of thiazole rings is 1. The van der Waals surface area contributed by atoms with E-state index in [0.717, 1.165) is 41.2 Å². The van der Waals surface area contributed by atoms with E-state index in [1.54, 1.807) is 6.92 Å². The second kappa shape index (κ2) is 7.82. The van der Waals surface area contributed by atoms with E-state index in [1.165, 1.54) is 15.9 Å². The van der Waals surface area contributed by atoms with E-state index in [0.29, 0.717) is 10.4 Å². The number of hydrogen-bond donors (Lipinski definition) is 1. The van der Waals surface area contributed by atoms with Gasteiger partial charge in [0.15, 0.2) is 10.8 Å². The van der Waals surface area contributed by atoms with Crippen LogP contribution in [0, 0.1) is 6.92 Å². The minimum absolute atomic E-state index is 0.202. The van der Waals surface area contributed by atoms with E-state index < -0.39 is 5.69 Å². The van der Waals surface area contributed by atoms with Crippen molar-refractivity contribution in [2.45, 2.75) is 39.8 Å². The molecule has 2 aromatic heterocycles. The average molecular weight is 414 g/mol. The van der Waals surface area contributed by atoms with Gasteiger partial charge in [0, 0.05) is 25.3 Å². The number of aryl methyl sites for hydroxylation is 1. The van der Waals surface area contributed by atoms with Crippen molar-refractivity contribution in [3.8, 4) is 0 Å². The second-order valence-corrected chi connectivity index (χ2v) is 8.15. The first-order valence-electron chi connectivity index (χ1n) is 9.73. The maximum Gasteiger partial charge on any atom is 0.333 e. The highest BCUT2D eigenvalue weighted by atomic mass is 32.1. The molecule has 0 radical (unpaired) electrons. The highest BCUT2D eigenvalue weighted by Crippen LogP contribution is 2.28. The molecule has 9 heteroatoms. The largest absolute Gasteiger partial charge is 0.348 e. The topological polar surface area (TPSA) is 89.2 Å². The maximum absolute atomic E-state index is 12.9. The number of nitrogens with zero attached hydrogens (tertiary/aromatic N) is 4. The summed E-state index contributed by atoms with van der Waals surface area (Å²) in [6.45, 7) is 5.53. The number of carbonyl (C=O) groups is 1. The zero-order valence-corrected chi connectivity index (χ0v) is 17.3. The molecule has 3 heterocycles. The van der Waals surface area contributed by atoms with Crippen molar-refractivity contribution in [3.05, 3.63) is 50.7 Å². The van der Waals surface area contributed by atoms with Gasteiger partial charge in [-0.05, 0) is 38.8 Å². The van der Waals surface area contributed by atoms with Crippen molar-refractivity contribution in [3.63, 3.8) is 0 Å². The first kappa shape index (κ1) is 19.4. The van der Waals surface area contributed by atoms with Gasteiger partial charge in [-0.25, -0.2) is 9.78 Å². The molecule has 1 N–H and O–H groups in total. The van der Waals surface area contributed by atoms with Crippen molar-refractivity contribution in [2.75, 3.05) is 23.3 Å². The van der Waals surface area contributed by atoms with Gasteiger partial charge in [-0.15, -0.1) is 0 Å². The van der Waals surface area contributed by atoms with Gasteiger partial charge in [-0.3, -0.25) is 18.7 Å². The Kier molecular flexibility index (Phi) is 5.23. The first-order chi connectivity index (χ1) is 14.0. The monoisotopic (exact) mass is 413 g/mol. The normalized spacial score (nSPS) is 13.9. The van der Waals surface area contributed by atoms with Gasteiger partial charge in [-0.1, -0.05) is 29.0 Å². The smallest absolute Gasteiger partial charge is 0.333 e. The van der Waals surface area contributed by atoms with Crippen LogP contribution in [0.4, 0.5) is 10.8 Å². The molecule has 152 valence electrons. The van der Waals surface area contributed by atoms with E-state index in [-0.39, 0.29) is 30.2 Å². The molecule has 4 rings (SSSR count). The lowest BCUT2D eigenvalue weighted by atomic mass is 10.2. The number of nitrogens with one attached hydrogen (secondary N) is 1. The summed E-state index contributed by atoms with van der Waals surface area (Å²) < 4.78 is 2.88. The van der Waals surface area contributed by atoms with Gasteiger partial charge in [0.25, 0.3) is 5.56 Å². The third-order valence-electron chi connectivity index (χ3n) is 5.08. The Balaban J connectivity index is 1.73. The van der Waals surface area contributed by atoms with E-state index in [2.05, 4.69) is 15.2 Å². The summed E-state index contributed by atoms with van der Waals surface area (Å²) in [6.07, 6.45) is 2.17. The van der Waals surface area contributed by atoms with Crippen LogP contribution in [0.1, 0.15) is 25.3 Å². The van der Waals surface area contributed by atoms with E-state index in [1.807, 2.05) is 31.2 Å². The summed E-state index contributed by atoms with van der Waals surface area (Å²) in [5.74, 6) is -0.339. The molecule has 1 aliphatic heterocycles. The Labute approximate surface area is 171 Å². The fraction of sp³-hybridized carbons (Fsp3) is 0.400. The van der Waals surface area contributed by atoms with Gasteiger partial charge in [-0.2, -0.15) is 0 Å². The molecule has 0 saturated carbocycles. The third kappa shape index (κ3) is 3.69. The molecule has 1 fully saturated rings. The maximum atomic E-state index is 12.9. The summed E-state index contributed by atoms with van der Waals surface area (Å²) in [7, 11) is 0. The molecule has 0 spiro atoms. The fourth-order valence-electron chi connectivity index (χ4n) is 3.52. The van der Waals surface area contributed by atoms with Crippen LogP contribution in [-0.2, 0) is 17.9 Å². The van der Waals surface area contributed by atoms with Crippen LogP contribution in [0.25, 0.3) is 10.3 Å². The lowest BCUT2D eigenvalue weighted by Crippen LogP contribution is -2.41. The lowest BCUT2D eigenvalue weighted by molar-refractivity contribution is -0.116. The molecular formula is C20H23N5O3S. The molecule has 8 nitrogen and oxygen atoms in total. The number of rotatable bonds is 5. The lowest BCUT2D eigenvalue weighted by Gasteiger charge is -2.12. The van der Waals surface area contributed by atoms with Crippen molar-refractivity contribution in [1.82, 2.24) is 14.1 Å². The predicted octanol–water partition coefficient (Wildman–Crippen LogP) is 2.19. The Morgan fingerprint density at radius 3 is 2.48 bits per heavy atom. The number of hydrogen-bond acceptors (Lipinski definition) is 6. The Bertz CT molecular complexity index is 1170. The minimum atomic E-state index is -0.512. The highest BCUT2D eigenvalue weighted by Gasteiger charge is 2.22. The molecular weight excluding hydrogens is 390 g/mol. The van der Waals surface area contributed by atoms with Gasteiger partial charge < -0.3 is 10.2 Å². The fourth-order valence-corrected chi connectivity index (χ4v) is 4.59. The van der Waals surface area contributed by atoms with Gasteiger partial charge in [0.1, 0.15) is 11.2 Å². The Morgan fingerprint density at radius 1 is 1.14 bits per heavy atom. The zero-order chi connectivity index (χ0) is 20.5. The number of anilines is 2. The van der Waals surface area contributed by atoms with Crippen LogP contribution < -0.4 is 21.5 Å². The van der Waals surface area contributed by atoms with Crippen LogP contribution in [0.5, 0.6) is 0 Å². The van der Waals surface area contributed by atoms with Crippen LogP contribution in [0.15, 0.2) is 33.9 Å². The molecule has 0 bridgehead atoms. The van der Waals surface area contributed by atoms with Crippen molar-refractivity contribution in [1.29, 1.82) is 0 Å². The van der Waals surface area contributed by atoms with Crippen molar-refractivity contribution >= 4 is 38.4 Å². The minimum Gasteiger partial charge on any atom is -0.348 e. The predicted molar refractivity (Wildman–Crippen MR) is 115 cm³/mol. The van der Waals surface area contributed by atoms with Crippen molar-refractivity contribution < 1.29 is 4.79 Å². The number of benzene rings is 1. The van der Waals surface area contributed by atoms with E-state index in [4.69, 9.17) is 0 Å². The molecule has 3 aromatic rings. The average Bonchev–Trinajstić information content (AvgIpc) is 3.37. The molecule has 1 saturated heterocycles. The highest BCUT2D eigenvalue weighted by molar-refractivity contribution is 7.22. The SMILES string of the molecule is CCn1c(=O)c2sc(N3CCCC3)nc2n(CC(=O)Nc2ccc(C)cc2)c1=O. The van der Waals surface area contributed by atoms with Gasteiger partial charge in [0.2, 0.25) is 5.91 Å². The van der Waals surface area contributed by atoms with Crippen molar-refractivity contribution in [2.24, 2.45) is 0 Å². The first-order valence-corrected chi connectivity index (χ1v) is 10.5. The van der Waals surface area contributed by atoms with Crippen LogP contribution in [-0.4, -0.2) is 33.1 Å². The Morgan fingerprint density at radius 2 is 1.83 bits per heavy atom. The summed E-state index contributed by atoms with van der Waals surface area (Å²) in [6, 6.07) is 7.43. The summed E-state index contributed by atoms with van der Waals surface area (Å²) in [5.41, 5.74) is 1.18. The zero-order valence-electron chi connectivity index (χ0n) is 16.5. The molecule has 1 amide bonds. The molecule has 0 atom stereocenters. The van der Waals surface area contributed by atoms with E-state index in [9.17, 15) is 14.4 Å². The quantitative estimate of drug-likeness (QED) is 0.693. The second-order valence-electron chi connectivity index (χ2n) is 7.18. The number of fused-ring (bicyclic) bond motifs is 1. The van der Waals surface area contributed by atoms with Crippen LogP contribution in [0.2, 0.25) is 0 Å². The van der Waals surface area contributed by atoms with Crippen LogP contribution >= 0.6 is 11.3 Å².